The van der Waals surface area contributed by atoms with Crippen LogP contribution in [-0.2, 0) is 14.8 Å². The van der Waals surface area contributed by atoms with Crippen molar-refractivity contribution in [2.24, 2.45) is 0 Å². The first kappa shape index (κ1) is 22.3. The van der Waals surface area contributed by atoms with Crippen molar-refractivity contribution in [3.8, 4) is 5.75 Å². The van der Waals surface area contributed by atoms with Crippen LogP contribution < -0.4 is 10.1 Å². The van der Waals surface area contributed by atoms with E-state index in [1.807, 2.05) is 34.9 Å². The van der Waals surface area contributed by atoms with Gasteiger partial charge in [0.1, 0.15) is 5.44 Å². The molecule has 29 heavy (non-hydrogen) atoms. The van der Waals surface area contributed by atoms with Crippen molar-refractivity contribution in [2.75, 3.05) is 38.4 Å². The third kappa shape index (κ3) is 4.88. The van der Waals surface area contributed by atoms with Gasteiger partial charge in [0.05, 0.1) is 27.9 Å². The Kier molecular flexibility index (Phi) is 7.43. The van der Waals surface area contributed by atoms with E-state index in [1.165, 1.54) is 29.2 Å². The van der Waals surface area contributed by atoms with Crippen molar-refractivity contribution in [1.82, 2.24) is 4.31 Å². The second kappa shape index (κ2) is 9.65. The SMILES string of the molecule is COc1c(NC(=O)c2ccccc2)ccc(S(=O)(=O)N2CCOC(SC)C2)c1I. The summed E-state index contributed by atoms with van der Waals surface area (Å²) < 4.78 is 39.3. The predicted molar refractivity (Wildman–Crippen MR) is 122 cm³/mol. The van der Waals surface area contributed by atoms with Crippen molar-refractivity contribution >= 4 is 56.0 Å². The Morgan fingerprint density at radius 2 is 2.00 bits per heavy atom. The molecule has 156 valence electrons. The average molecular weight is 548 g/mol. The fourth-order valence-electron chi connectivity index (χ4n) is 2.92. The maximum atomic E-state index is 13.2. The van der Waals surface area contributed by atoms with Crippen LogP contribution in [0.4, 0.5) is 5.69 Å². The van der Waals surface area contributed by atoms with Gasteiger partial charge in [-0.25, -0.2) is 8.42 Å². The van der Waals surface area contributed by atoms with Crippen molar-refractivity contribution < 1.29 is 22.7 Å². The van der Waals surface area contributed by atoms with Gasteiger partial charge in [0.2, 0.25) is 10.0 Å². The summed E-state index contributed by atoms with van der Waals surface area (Å²) >= 11 is 3.42. The van der Waals surface area contributed by atoms with Gasteiger partial charge in [-0.05, 0) is 53.1 Å². The number of halogens is 1. The van der Waals surface area contributed by atoms with Gasteiger partial charge in [0.15, 0.2) is 5.75 Å². The van der Waals surface area contributed by atoms with Gasteiger partial charge in [-0.1, -0.05) is 18.2 Å². The number of thioether (sulfide) groups is 1. The molecule has 10 heteroatoms. The lowest BCUT2D eigenvalue weighted by Crippen LogP contribution is -2.44. The second-order valence-electron chi connectivity index (χ2n) is 6.18. The molecule has 1 N–H and O–H groups in total. The minimum atomic E-state index is -3.73. The summed E-state index contributed by atoms with van der Waals surface area (Å²) in [5.41, 5.74) is 0.717. The van der Waals surface area contributed by atoms with E-state index >= 15 is 0 Å². The summed E-state index contributed by atoms with van der Waals surface area (Å²) in [6.45, 7) is 0.933. The molecule has 1 unspecified atom stereocenters. The maximum absolute atomic E-state index is 13.2. The summed E-state index contributed by atoms with van der Waals surface area (Å²) in [6.07, 6.45) is 1.89. The molecular formula is C19H21IN2O5S2. The summed E-state index contributed by atoms with van der Waals surface area (Å²) in [5, 5.41) is 2.79. The van der Waals surface area contributed by atoms with Crippen molar-refractivity contribution in [1.29, 1.82) is 0 Å². The van der Waals surface area contributed by atoms with Crippen LogP contribution in [0.15, 0.2) is 47.4 Å². The molecule has 0 spiro atoms. The number of morpholine rings is 1. The summed E-state index contributed by atoms with van der Waals surface area (Å²) in [6, 6.07) is 11.8. The van der Waals surface area contributed by atoms with Gasteiger partial charge in [-0.15, -0.1) is 11.8 Å². The van der Waals surface area contributed by atoms with E-state index in [9.17, 15) is 13.2 Å². The van der Waals surface area contributed by atoms with Crippen LogP contribution in [0.5, 0.6) is 5.75 Å². The molecule has 0 bridgehead atoms. The van der Waals surface area contributed by atoms with Gasteiger partial charge in [-0.2, -0.15) is 4.31 Å². The number of hydrogen-bond donors (Lipinski definition) is 1. The zero-order valence-electron chi connectivity index (χ0n) is 15.9. The Labute approximate surface area is 188 Å². The number of nitrogens with zero attached hydrogens (tertiary/aromatic N) is 1. The Balaban J connectivity index is 1.91. The van der Waals surface area contributed by atoms with E-state index in [0.29, 0.717) is 33.7 Å². The van der Waals surface area contributed by atoms with E-state index in [0.717, 1.165) is 0 Å². The highest BCUT2D eigenvalue weighted by Crippen LogP contribution is 2.37. The van der Waals surface area contributed by atoms with Gasteiger partial charge in [0.25, 0.3) is 5.91 Å². The normalized spacial score (nSPS) is 17.7. The minimum Gasteiger partial charge on any atom is -0.493 e. The number of amides is 1. The Bertz CT molecular complexity index is 986. The van der Waals surface area contributed by atoms with Crippen LogP contribution in [0.3, 0.4) is 0 Å². The Morgan fingerprint density at radius 1 is 1.28 bits per heavy atom. The lowest BCUT2D eigenvalue weighted by Gasteiger charge is -2.31. The molecule has 0 radical (unpaired) electrons. The number of carbonyl (C=O) groups is 1. The fourth-order valence-corrected chi connectivity index (χ4v) is 6.58. The third-order valence-corrected chi connectivity index (χ3v) is 8.58. The highest BCUT2D eigenvalue weighted by atomic mass is 127. The third-order valence-electron chi connectivity index (χ3n) is 4.43. The molecule has 1 aliphatic rings. The molecule has 0 aliphatic carbocycles. The highest BCUT2D eigenvalue weighted by molar-refractivity contribution is 14.1. The number of methoxy groups -OCH3 is 1. The van der Waals surface area contributed by atoms with E-state index in [1.54, 1.807) is 30.3 Å². The van der Waals surface area contributed by atoms with Gasteiger partial charge < -0.3 is 14.8 Å². The van der Waals surface area contributed by atoms with Crippen LogP contribution in [-0.4, -0.2) is 57.1 Å². The zero-order chi connectivity index (χ0) is 21.0. The molecule has 0 aromatic heterocycles. The van der Waals surface area contributed by atoms with Crippen LogP contribution in [0.25, 0.3) is 0 Å². The minimum absolute atomic E-state index is 0.148. The first-order chi connectivity index (χ1) is 13.9. The van der Waals surface area contributed by atoms with E-state index in [4.69, 9.17) is 9.47 Å². The number of carbonyl (C=O) groups excluding carboxylic acids is 1. The molecule has 0 saturated carbocycles. The van der Waals surface area contributed by atoms with Crippen LogP contribution in [0.2, 0.25) is 0 Å². The van der Waals surface area contributed by atoms with Crippen LogP contribution in [0, 0.1) is 3.57 Å². The number of sulfonamides is 1. The molecule has 1 saturated heterocycles. The number of rotatable bonds is 6. The molecule has 1 fully saturated rings. The zero-order valence-corrected chi connectivity index (χ0v) is 19.7. The van der Waals surface area contributed by atoms with E-state index in [-0.39, 0.29) is 22.8 Å². The Hall–Kier alpha value is -1.34. The second-order valence-corrected chi connectivity index (χ2v) is 10.2. The quantitative estimate of drug-likeness (QED) is 0.559. The lowest BCUT2D eigenvalue weighted by molar-refractivity contribution is 0.0511. The summed E-state index contributed by atoms with van der Waals surface area (Å²) in [4.78, 5) is 12.6. The molecule has 1 amide bonds. The first-order valence-electron chi connectivity index (χ1n) is 8.76. The van der Waals surface area contributed by atoms with Crippen molar-refractivity contribution in [2.45, 2.75) is 10.3 Å². The molecule has 3 rings (SSSR count). The average Bonchev–Trinajstić information content (AvgIpc) is 2.74. The molecule has 1 heterocycles. The summed E-state index contributed by atoms with van der Waals surface area (Å²) in [5.74, 6) is 0.0110. The largest absolute Gasteiger partial charge is 0.493 e. The van der Waals surface area contributed by atoms with Gasteiger partial charge in [0, 0.05) is 18.7 Å². The van der Waals surface area contributed by atoms with Crippen molar-refractivity contribution in [3.05, 3.63) is 51.6 Å². The molecule has 1 atom stereocenters. The maximum Gasteiger partial charge on any atom is 0.255 e. The number of hydrogen-bond acceptors (Lipinski definition) is 6. The number of anilines is 1. The standard InChI is InChI=1S/C19H21IN2O5S2/c1-26-18-14(21-19(23)13-6-4-3-5-7-13)8-9-15(17(18)20)29(24,25)22-10-11-27-16(12-22)28-2/h3-9,16H,10-12H2,1-2H3,(H,21,23). The molecule has 1 aliphatic heterocycles. The first-order valence-corrected chi connectivity index (χ1v) is 12.6. The van der Waals surface area contributed by atoms with Gasteiger partial charge >= 0.3 is 0 Å². The molecular weight excluding hydrogens is 527 g/mol. The molecule has 2 aromatic carbocycles. The van der Waals surface area contributed by atoms with Crippen molar-refractivity contribution in [3.63, 3.8) is 0 Å². The van der Waals surface area contributed by atoms with Crippen LogP contribution in [0.1, 0.15) is 10.4 Å². The molecule has 7 nitrogen and oxygen atoms in total. The van der Waals surface area contributed by atoms with E-state index in [2.05, 4.69) is 5.32 Å². The van der Waals surface area contributed by atoms with Gasteiger partial charge in [-0.3, -0.25) is 4.79 Å². The topological polar surface area (TPSA) is 84.9 Å². The fraction of sp³-hybridized carbons (Fsp3) is 0.316. The smallest absolute Gasteiger partial charge is 0.255 e. The Morgan fingerprint density at radius 3 is 2.66 bits per heavy atom. The summed E-state index contributed by atoms with van der Waals surface area (Å²) in [7, 11) is -2.28. The lowest BCUT2D eigenvalue weighted by atomic mass is 10.2. The van der Waals surface area contributed by atoms with Crippen LogP contribution >= 0.6 is 34.4 Å². The van der Waals surface area contributed by atoms with E-state index < -0.39 is 10.0 Å². The monoisotopic (exact) mass is 548 g/mol. The number of benzene rings is 2. The highest BCUT2D eigenvalue weighted by Gasteiger charge is 2.33. The predicted octanol–water partition coefficient (Wildman–Crippen LogP) is 3.26. The number of ether oxygens (including phenoxy) is 2. The number of nitrogens with one attached hydrogen (secondary N) is 1. The molecule has 2 aromatic rings.